The van der Waals surface area contributed by atoms with E-state index < -0.39 is 0 Å². The fourth-order valence-corrected chi connectivity index (χ4v) is 1.98. The molecule has 1 aromatic carbocycles. The smallest absolute Gasteiger partial charge is 0.148 e. The van der Waals surface area contributed by atoms with E-state index in [2.05, 4.69) is 12.2 Å². The van der Waals surface area contributed by atoms with Gasteiger partial charge in [0.05, 0.1) is 5.69 Å². The number of rotatable bonds is 0. The lowest BCUT2D eigenvalue weighted by molar-refractivity contribution is 0.480. The van der Waals surface area contributed by atoms with E-state index in [9.17, 15) is 4.39 Å². The molecule has 1 aliphatic heterocycles. The number of hydrogen-bond donors (Lipinski definition) is 0. The van der Waals surface area contributed by atoms with Gasteiger partial charge in [-0.2, -0.15) is 0 Å². The third-order valence-electron chi connectivity index (χ3n) is 2.59. The average molecular weight is 178 g/mol. The first-order valence-corrected chi connectivity index (χ1v) is 4.67. The van der Waals surface area contributed by atoms with Gasteiger partial charge in [-0.05, 0) is 30.9 Å². The van der Waals surface area contributed by atoms with Crippen molar-refractivity contribution >= 4 is 5.69 Å². The van der Waals surface area contributed by atoms with E-state index in [1.165, 1.54) is 6.07 Å². The van der Waals surface area contributed by atoms with Crippen LogP contribution < -0.4 is 5.32 Å². The summed E-state index contributed by atoms with van der Waals surface area (Å²) in [5.74, 6) is 0.245. The van der Waals surface area contributed by atoms with E-state index in [-0.39, 0.29) is 11.9 Å². The van der Waals surface area contributed by atoms with Crippen LogP contribution in [0.25, 0.3) is 0 Å². The highest BCUT2D eigenvalue weighted by Gasteiger charge is 2.24. The second-order valence-corrected chi connectivity index (χ2v) is 3.79. The van der Waals surface area contributed by atoms with Crippen molar-refractivity contribution in [3.05, 3.63) is 29.6 Å². The predicted molar refractivity (Wildman–Crippen MR) is 50.7 cm³/mol. The predicted octanol–water partition coefficient (Wildman–Crippen LogP) is 2.96. The SMILES string of the molecule is CC1CC(C)c2cccc(F)c2[N]1. The molecule has 0 spiro atoms. The van der Waals surface area contributed by atoms with Gasteiger partial charge in [0, 0.05) is 6.04 Å². The van der Waals surface area contributed by atoms with Gasteiger partial charge in [-0.1, -0.05) is 19.1 Å². The molecule has 0 N–H and O–H groups in total. The molecule has 0 saturated carbocycles. The number of benzene rings is 1. The summed E-state index contributed by atoms with van der Waals surface area (Å²) in [5.41, 5.74) is 1.63. The maximum atomic E-state index is 13.3. The van der Waals surface area contributed by atoms with Crippen molar-refractivity contribution in [3.63, 3.8) is 0 Å². The average Bonchev–Trinajstić information content (AvgIpc) is 2.07. The highest BCUT2D eigenvalue weighted by molar-refractivity contribution is 5.50. The molecule has 1 aliphatic rings. The van der Waals surface area contributed by atoms with Crippen LogP contribution in [0.4, 0.5) is 10.1 Å². The van der Waals surface area contributed by atoms with Gasteiger partial charge in [0.25, 0.3) is 0 Å². The lowest BCUT2D eigenvalue weighted by atomic mass is 9.89. The van der Waals surface area contributed by atoms with E-state index >= 15 is 0 Å². The van der Waals surface area contributed by atoms with Crippen LogP contribution in [-0.4, -0.2) is 6.04 Å². The molecule has 2 rings (SSSR count). The molecule has 1 nitrogen and oxygen atoms in total. The first kappa shape index (κ1) is 8.54. The molecule has 1 radical (unpaired) electrons. The summed E-state index contributed by atoms with van der Waals surface area (Å²) >= 11 is 0. The zero-order chi connectivity index (χ0) is 9.42. The van der Waals surface area contributed by atoms with E-state index in [4.69, 9.17) is 0 Å². The van der Waals surface area contributed by atoms with Crippen LogP contribution in [-0.2, 0) is 0 Å². The van der Waals surface area contributed by atoms with Crippen LogP contribution in [0.3, 0.4) is 0 Å². The molecular formula is C11H13FN. The minimum Gasteiger partial charge on any atom is -0.279 e. The first-order chi connectivity index (χ1) is 6.18. The van der Waals surface area contributed by atoms with Gasteiger partial charge in [-0.25, -0.2) is 4.39 Å². The van der Waals surface area contributed by atoms with Crippen molar-refractivity contribution in [3.8, 4) is 0 Å². The number of nitrogens with zero attached hydrogens (tertiary/aromatic N) is 1. The number of hydrogen-bond acceptors (Lipinski definition) is 0. The molecule has 0 amide bonds. The van der Waals surface area contributed by atoms with Crippen LogP contribution >= 0.6 is 0 Å². The Hall–Kier alpha value is -1.05. The minimum atomic E-state index is -0.184. The van der Waals surface area contributed by atoms with E-state index in [0.717, 1.165) is 12.0 Å². The third kappa shape index (κ3) is 1.41. The summed E-state index contributed by atoms with van der Waals surface area (Å²) in [6, 6.07) is 5.46. The molecule has 0 aliphatic carbocycles. The Morgan fingerprint density at radius 3 is 2.92 bits per heavy atom. The fraction of sp³-hybridized carbons (Fsp3) is 0.455. The Balaban J connectivity index is 2.49. The Morgan fingerprint density at radius 1 is 1.38 bits per heavy atom. The van der Waals surface area contributed by atoms with Crippen molar-refractivity contribution < 1.29 is 4.39 Å². The largest absolute Gasteiger partial charge is 0.279 e. The van der Waals surface area contributed by atoms with E-state index in [1.54, 1.807) is 6.07 Å². The number of para-hydroxylation sites is 1. The zero-order valence-electron chi connectivity index (χ0n) is 7.92. The third-order valence-corrected chi connectivity index (χ3v) is 2.59. The van der Waals surface area contributed by atoms with E-state index in [0.29, 0.717) is 11.6 Å². The molecule has 69 valence electrons. The molecule has 2 heteroatoms. The van der Waals surface area contributed by atoms with Gasteiger partial charge in [0.2, 0.25) is 0 Å². The molecule has 13 heavy (non-hydrogen) atoms. The zero-order valence-corrected chi connectivity index (χ0v) is 7.92. The van der Waals surface area contributed by atoms with Crippen molar-refractivity contribution in [1.82, 2.24) is 5.32 Å². The lowest BCUT2D eigenvalue weighted by Gasteiger charge is -2.27. The summed E-state index contributed by atoms with van der Waals surface area (Å²) in [7, 11) is 0. The maximum absolute atomic E-state index is 13.3. The molecule has 0 fully saturated rings. The highest BCUT2D eigenvalue weighted by Crippen LogP contribution is 2.35. The van der Waals surface area contributed by atoms with E-state index in [1.807, 2.05) is 13.0 Å². The lowest BCUT2D eigenvalue weighted by Crippen LogP contribution is -2.24. The summed E-state index contributed by atoms with van der Waals surface area (Å²) < 4.78 is 13.3. The molecular weight excluding hydrogens is 165 g/mol. The Kier molecular flexibility index (Phi) is 1.98. The van der Waals surface area contributed by atoms with Crippen molar-refractivity contribution in [1.29, 1.82) is 0 Å². The second kappa shape index (κ2) is 3.02. The Morgan fingerprint density at radius 2 is 2.15 bits per heavy atom. The highest BCUT2D eigenvalue weighted by atomic mass is 19.1. The van der Waals surface area contributed by atoms with Crippen LogP contribution in [0.2, 0.25) is 0 Å². The van der Waals surface area contributed by atoms with Crippen molar-refractivity contribution in [2.45, 2.75) is 32.2 Å². The standard InChI is InChI=1S/C11H13FN/c1-7-6-8(2)13-11-9(7)4-3-5-10(11)12/h3-5,7-8H,6H2,1-2H3. The van der Waals surface area contributed by atoms with Crippen LogP contribution in [0.5, 0.6) is 0 Å². The van der Waals surface area contributed by atoms with Crippen molar-refractivity contribution in [2.24, 2.45) is 0 Å². The fourth-order valence-electron chi connectivity index (χ4n) is 1.98. The van der Waals surface area contributed by atoms with Gasteiger partial charge < -0.3 is 0 Å². The van der Waals surface area contributed by atoms with Crippen LogP contribution in [0.15, 0.2) is 18.2 Å². The molecule has 0 aromatic heterocycles. The molecule has 2 atom stereocenters. The van der Waals surface area contributed by atoms with Crippen LogP contribution in [0.1, 0.15) is 31.7 Å². The van der Waals surface area contributed by atoms with Crippen molar-refractivity contribution in [2.75, 3.05) is 0 Å². The summed E-state index contributed by atoms with van der Waals surface area (Å²) in [6.07, 6.45) is 1.02. The Labute approximate surface area is 78.0 Å². The quantitative estimate of drug-likeness (QED) is 0.580. The summed E-state index contributed by atoms with van der Waals surface area (Å²) in [5, 5.41) is 4.32. The molecule has 1 aromatic rings. The normalized spacial score (nSPS) is 26.4. The van der Waals surface area contributed by atoms with Gasteiger partial charge in [0.1, 0.15) is 5.82 Å². The summed E-state index contributed by atoms with van der Waals surface area (Å²) in [4.78, 5) is 0. The molecule has 0 saturated heterocycles. The first-order valence-electron chi connectivity index (χ1n) is 4.67. The second-order valence-electron chi connectivity index (χ2n) is 3.79. The number of halogens is 1. The molecule has 1 heterocycles. The monoisotopic (exact) mass is 178 g/mol. The van der Waals surface area contributed by atoms with Crippen LogP contribution in [0, 0.1) is 5.82 Å². The minimum absolute atomic E-state index is 0.184. The van der Waals surface area contributed by atoms with Gasteiger partial charge in [-0.3, -0.25) is 5.32 Å². The van der Waals surface area contributed by atoms with Gasteiger partial charge in [-0.15, -0.1) is 0 Å². The summed E-state index contributed by atoms with van der Waals surface area (Å²) in [6.45, 7) is 4.16. The van der Waals surface area contributed by atoms with Gasteiger partial charge in [0.15, 0.2) is 0 Å². The maximum Gasteiger partial charge on any atom is 0.148 e. The Bertz CT molecular complexity index is 322. The molecule has 2 unspecified atom stereocenters. The molecule has 0 bridgehead atoms. The topological polar surface area (TPSA) is 14.1 Å². The number of fused-ring (bicyclic) bond motifs is 1. The van der Waals surface area contributed by atoms with Gasteiger partial charge >= 0.3 is 0 Å².